The molecule has 0 bridgehead atoms. The van der Waals surface area contributed by atoms with Gasteiger partial charge in [-0.2, -0.15) is 0 Å². The molecule has 3 aromatic heterocycles. The second kappa shape index (κ2) is 8.85. The number of hydrogen-bond acceptors (Lipinski definition) is 6. The molecular formula is C21H23N3O2S3. The van der Waals surface area contributed by atoms with Crippen LogP contribution in [0.3, 0.4) is 0 Å². The summed E-state index contributed by atoms with van der Waals surface area (Å²) in [5.74, 6) is -0.0617. The van der Waals surface area contributed by atoms with E-state index in [-0.39, 0.29) is 16.7 Å². The minimum atomic E-state index is -0.357. The van der Waals surface area contributed by atoms with E-state index >= 15 is 0 Å². The van der Waals surface area contributed by atoms with Gasteiger partial charge in [-0.25, -0.2) is 4.98 Å². The van der Waals surface area contributed by atoms with Crippen LogP contribution in [-0.4, -0.2) is 20.7 Å². The summed E-state index contributed by atoms with van der Waals surface area (Å²) in [5, 5.41) is 5.96. The second-order valence-electron chi connectivity index (χ2n) is 7.05. The van der Waals surface area contributed by atoms with Gasteiger partial charge in [0.15, 0.2) is 5.16 Å². The minimum absolute atomic E-state index is 0.0111. The van der Waals surface area contributed by atoms with Crippen LogP contribution in [0, 0.1) is 0 Å². The van der Waals surface area contributed by atoms with Gasteiger partial charge >= 0.3 is 0 Å². The molecule has 1 amide bonds. The first-order valence-corrected chi connectivity index (χ1v) is 12.3. The zero-order valence-corrected chi connectivity index (χ0v) is 18.7. The molecule has 29 heavy (non-hydrogen) atoms. The summed E-state index contributed by atoms with van der Waals surface area (Å²) in [7, 11) is 0. The van der Waals surface area contributed by atoms with E-state index in [1.807, 2.05) is 24.4 Å². The van der Waals surface area contributed by atoms with E-state index in [2.05, 4.69) is 11.9 Å². The molecule has 4 rings (SSSR count). The molecule has 1 aliphatic carbocycles. The Bertz CT molecular complexity index is 1100. The number of allylic oxidation sites excluding steroid dienone is 1. The molecule has 1 unspecified atom stereocenters. The van der Waals surface area contributed by atoms with Crippen molar-refractivity contribution in [2.24, 2.45) is 0 Å². The highest BCUT2D eigenvalue weighted by Crippen LogP contribution is 2.35. The molecule has 8 heteroatoms. The number of nitrogens with zero attached hydrogens (tertiary/aromatic N) is 2. The Labute approximate surface area is 181 Å². The molecule has 152 valence electrons. The van der Waals surface area contributed by atoms with Crippen LogP contribution in [0.5, 0.6) is 0 Å². The Kier molecular flexibility index (Phi) is 6.22. The lowest BCUT2D eigenvalue weighted by Gasteiger charge is -2.15. The van der Waals surface area contributed by atoms with Crippen molar-refractivity contribution in [3.8, 4) is 0 Å². The average Bonchev–Trinajstić information content (AvgIpc) is 3.36. The Morgan fingerprint density at radius 1 is 1.45 bits per heavy atom. The SMILES string of the molecule is C=CCn1c(SC(C)C(=O)NCc2cccs2)nc2sc3c(c2c1=O)CCCC3. The molecule has 0 saturated carbocycles. The number of thiophene rings is 2. The van der Waals surface area contributed by atoms with Gasteiger partial charge in [0.25, 0.3) is 5.56 Å². The Hall–Kier alpha value is -1.90. The minimum Gasteiger partial charge on any atom is -0.350 e. The second-order valence-corrected chi connectivity index (χ2v) is 10.5. The van der Waals surface area contributed by atoms with Crippen LogP contribution < -0.4 is 10.9 Å². The lowest BCUT2D eigenvalue weighted by molar-refractivity contribution is -0.120. The highest BCUT2D eigenvalue weighted by Gasteiger charge is 2.24. The first-order chi connectivity index (χ1) is 14.1. The van der Waals surface area contributed by atoms with Crippen LogP contribution in [0.4, 0.5) is 0 Å². The number of aryl methyl sites for hydroxylation is 2. The molecule has 0 saturated heterocycles. The molecule has 0 radical (unpaired) electrons. The third kappa shape index (κ3) is 4.20. The molecule has 0 aliphatic heterocycles. The maximum absolute atomic E-state index is 13.3. The van der Waals surface area contributed by atoms with Crippen LogP contribution in [-0.2, 0) is 30.7 Å². The van der Waals surface area contributed by atoms with Crippen molar-refractivity contribution in [1.29, 1.82) is 0 Å². The Morgan fingerprint density at radius 2 is 2.28 bits per heavy atom. The van der Waals surface area contributed by atoms with Gasteiger partial charge in [0.1, 0.15) is 4.83 Å². The zero-order chi connectivity index (χ0) is 20.4. The Morgan fingerprint density at radius 3 is 3.03 bits per heavy atom. The van der Waals surface area contributed by atoms with E-state index in [0.29, 0.717) is 18.2 Å². The zero-order valence-electron chi connectivity index (χ0n) is 16.3. The van der Waals surface area contributed by atoms with Crippen LogP contribution in [0.1, 0.15) is 35.1 Å². The van der Waals surface area contributed by atoms with Crippen LogP contribution >= 0.6 is 34.4 Å². The van der Waals surface area contributed by atoms with Crippen LogP contribution in [0.15, 0.2) is 40.1 Å². The fourth-order valence-corrected chi connectivity index (χ4v) is 6.43. The normalized spacial score (nSPS) is 14.5. The maximum atomic E-state index is 13.3. The summed E-state index contributed by atoms with van der Waals surface area (Å²) in [4.78, 5) is 33.9. The number of aromatic nitrogens is 2. The van der Waals surface area contributed by atoms with Gasteiger partial charge in [-0.3, -0.25) is 14.2 Å². The van der Waals surface area contributed by atoms with Crippen molar-refractivity contribution < 1.29 is 4.79 Å². The molecular weight excluding hydrogens is 422 g/mol. The van der Waals surface area contributed by atoms with E-state index in [1.165, 1.54) is 28.6 Å². The fraction of sp³-hybridized carbons (Fsp3) is 0.381. The van der Waals surface area contributed by atoms with Gasteiger partial charge < -0.3 is 5.32 Å². The summed E-state index contributed by atoms with van der Waals surface area (Å²) in [6.07, 6.45) is 5.98. The standard InChI is InChI=1S/C21H23N3O2S3/c1-3-10-24-20(26)17-15-8-4-5-9-16(15)29-19(17)23-21(24)28-13(2)18(25)22-12-14-7-6-11-27-14/h3,6-7,11,13H,1,4-5,8-10,12H2,2H3,(H,22,25). The predicted molar refractivity (Wildman–Crippen MR) is 122 cm³/mol. The lowest BCUT2D eigenvalue weighted by atomic mass is 9.97. The van der Waals surface area contributed by atoms with E-state index in [0.717, 1.165) is 34.4 Å². The predicted octanol–water partition coefficient (Wildman–Crippen LogP) is 4.38. The number of carbonyl (C=O) groups excluding carboxylic acids is 1. The molecule has 0 spiro atoms. The molecule has 0 aromatic carbocycles. The average molecular weight is 446 g/mol. The third-order valence-electron chi connectivity index (χ3n) is 5.02. The van der Waals surface area contributed by atoms with Crippen molar-refractivity contribution in [2.45, 2.75) is 56.1 Å². The number of fused-ring (bicyclic) bond motifs is 3. The first-order valence-electron chi connectivity index (χ1n) is 9.71. The van der Waals surface area contributed by atoms with Crippen LogP contribution in [0.2, 0.25) is 0 Å². The quantitative estimate of drug-likeness (QED) is 0.333. The summed E-state index contributed by atoms with van der Waals surface area (Å²) in [6.45, 7) is 6.55. The van der Waals surface area contributed by atoms with Crippen molar-refractivity contribution in [2.75, 3.05) is 0 Å². The largest absolute Gasteiger partial charge is 0.350 e. The van der Waals surface area contributed by atoms with Gasteiger partial charge in [-0.05, 0) is 49.6 Å². The summed E-state index contributed by atoms with van der Waals surface area (Å²) >= 11 is 4.59. The number of carbonyl (C=O) groups is 1. The van der Waals surface area contributed by atoms with Crippen molar-refractivity contribution >= 4 is 50.6 Å². The number of rotatable bonds is 7. The highest BCUT2D eigenvalue weighted by atomic mass is 32.2. The van der Waals surface area contributed by atoms with Crippen molar-refractivity contribution in [1.82, 2.24) is 14.9 Å². The number of hydrogen-bond donors (Lipinski definition) is 1. The van der Waals surface area contributed by atoms with E-state index < -0.39 is 0 Å². The molecule has 1 aliphatic rings. The first kappa shape index (κ1) is 20.4. The number of amides is 1. The lowest BCUT2D eigenvalue weighted by Crippen LogP contribution is -2.31. The molecule has 1 atom stereocenters. The maximum Gasteiger partial charge on any atom is 0.263 e. The highest BCUT2D eigenvalue weighted by molar-refractivity contribution is 8.00. The molecule has 5 nitrogen and oxygen atoms in total. The van der Waals surface area contributed by atoms with Gasteiger partial charge in [0, 0.05) is 16.3 Å². The van der Waals surface area contributed by atoms with E-state index in [1.54, 1.807) is 33.3 Å². The van der Waals surface area contributed by atoms with Gasteiger partial charge in [-0.15, -0.1) is 29.3 Å². The molecule has 1 N–H and O–H groups in total. The third-order valence-corrected chi connectivity index (χ3v) is 8.17. The van der Waals surface area contributed by atoms with Gasteiger partial charge in [-0.1, -0.05) is 23.9 Å². The van der Waals surface area contributed by atoms with Crippen molar-refractivity contribution in [3.05, 3.63) is 55.8 Å². The molecule has 3 heterocycles. The number of nitrogens with one attached hydrogen (secondary N) is 1. The van der Waals surface area contributed by atoms with Gasteiger partial charge in [0.05, 0.1) is 17.2 Å². The summed E-state index contributed by atoms with van der Waals surface area (Å²) < 4.78 is 1.66. The molecule has 3 aromatic rings. The van der Waals surface area contributed by atoms with E-state index in [9.17, 15) is 9.59 Å². The summed E-state index contributed by atoms with van der Waals surface area (Å²) in [5.41, 5.74) is 1.17. The Balaban J connectivity index is 1.61. The smallest absolute Gasteiger partial charge is 0.263 e. The summed E-state index contributed by atoms with van der Waals surface area (Å²) in [6, 6.07) is 3.97. The monoisotopic (exact) mass is 445 g/mol. The van der Waals surface area contributed by atoms with Crippen LogP contribution in [0.25, 0.3) is 10.2 Å². The molecule has 0 fully saturated rings. The van der Waals surface area contributed by atoms with Crippen molar-refractivity contribution in [3.63, 3.8) is 0 Å². The fourth-order valence-electron chi connectivity index (χ4n) is 3.54. The van der Waals surface area contributed by atoms with Gasteiger partial charge in [0.2, 0.25) is 5.91 Å². The topological polar surface area (TPSA) is 64.0 Å². The van der Waals surface area contributed by atoms with E-state index in [4.69, 9.17) is 4.98 Å². The number of thioether (sulfide) groups is 1.